The Morgan fingerprint density at radius 3 is 2.30 bits per heavy atom. The lowest BCUT2D eigenvalue weighted by Gasteiger charge is -2.21. The van der Waals surface area contributed by atoms with Gasteiger partial charge in [0.25, 0.3) is 0 Å². The molecule has 1 fully saturated rings. The van der Waals surface area contributed by atoms with Gasteiger partial charge in [0.2, 0.25) is 10.0 Å². The Morgan fingerprint density at radius 1 is 1.17 bits per heavy atom. The predicted molar refractivity (Wildman–Crippen MR) is 84.7 cm³/mol. The third-order valence-corrected chi connectivity index (χ3v) is 6.59. The van der Waals surface area contributed by atoms with Gasteiger partial charge in [-0.25, -0.2) is 8.42 Å². The van der Waals surface area contributed by atoms with Gasteiger partial charge >= 0.3 is 6.18 Å². The highest BCUT2D eigenvalue weighted by Crippen LogP contribution is 2.33. The van der Waals surface area contributed by atoms with E-state index < -0.39 is 27.2 Å². The minimum atomic E-state index is -4.32. The average molecular weight is 369 g/mol. The van der Waals surface area contributed by atoms with Crippen molar-refractivity contribution in [1.82, 2.24) is 10.9 Å². The number of hydrazine groups is 1. The lowest BCUT2D eigenvalue weighted by atomic mass is 10.2. The van der Waals surface area contributed by atoms with Crippen molar-refractivity contribution in [1.29, 1.82) is 0 Å². The molecule has 1 heterocycles. The van der Waals surface area contributed by atoms with Gasteiger partial charge in [-0.05, 0) is 26.0 Å². The summed E-state index contributed by atoms with van der Waals surface area (Å²) in [4.78, 5) is 0.243. The Labute approximate surface area is 137 Å². The molecule has 0 radical (unpaired) electrons. The molecule has 1 aromatic carbocycles. The fraction of sp³-hybridized carbons (Fsp3) is 0.538. The molecule has 0 aromatic heterocycles. The van der Waals surface area contributed by atoms with E-state index in [0.29, 0.717) is 11.8 Å². The molecule has 1 aromatic rings. The molecule has 130 valence electrons. The van der Waals surface area contributed by atoms with Gasteiger partial charge in [0.15, 0.2) is 0 Å². The number of para-hydroxylation sites is 1. The van der Waals surface area contributed by atoms with Crippen LogP contribution in [0.1, 0.15) is 13.8 Å². The summed E-state index contributed by atoms with van der Waals surface area (Å²) in [5, 5.41) is -0.733. The van der Waals surface area contributed by atoms with Gasteiger partial charge in [-0.15, -0.1) is 11.8 Å². The van der Waals surface area contributed by atoms with E-state index in [9.17, 15) is 21.6 Å². The maximum atomic E-state index is 12.6. The number of benzene rings is 1. The van der Waals surface area contributed by atoms with E-state index >= 15 is 0 Å². The zero-order chi connectivity index (χ0) is 17.3. The fourth-order valence-corrected chi connectivity index (χ4v) is 5.12. The van der Waals surface area contributed by atoms with Crippen LogP contribution in [-0.2, 0) is 10.0 Å². The second-order valence-electron chi connectivity index (χ2n) is 5.38. The first-order valence-corrected chi connectivity index (χ1v) is 9.44. The number of hydrogen-bond donors (Lipinski definition) is 3. The highest BCUT2D eigenvalue weighted by atomic mass is 32.2. The van der Waals surface area contributed by atoms with Crippen molar-refractivity contribution in [3.05, 3.63) is 24.3 Å². The van der Waals surface area contributed by atoms with Crippen LogP contribution in [0.15, 0.2) is 29.2 Å². The monoisotopic (exact) mass is 369 g/mol. The summed E-state index contributed by atoms with van der Waals surface area (Å²) in [6.45, 7) is 3.45. The van der Waals surface area contributed by atoms with E-state index in [-0.39, 0.29) is 22.7 Å². The smallest absolute Gasteiger partial charge is 0.282 e. The minimum Gasteiger partial charge on any atom is -0.282 e. The number of halogens is 3. The lowest BCUT2D eigenvalue weighted by Crippen LogP contribution is -2.41. The average Bonchev–Trinajstić information content (AvgIpc) is 2.76. The van der Waals surface area contributed by atoms with Crippen LogP contribution in [0.4, 0.5) is 18.9 Å². The number of nitrogens with one attached hydrogen (secondary N) is 3. The van der Waals surface area contributed by atoms with Crippen molar-refractivity contribution in [3.63, 3.8) is 0 Å². The molecule has 0 aliphatic carbocycles. The van der Waals surface area contributed by atoms with Crippen LogP contribution in [0, 0.1) is 0 Å². The van der Waals surface area contributed by atoms with Crippen LogP contribution >= 0.6 is 11.8 Å². The first-order valence-electron chi connectivity index (χ1n) is 6.91. The Kier molecular flexibility index (Phi) is 5.49. The number of anilines is 1. The van der Waals surface area contributed by atoms with Gasteiger partial charge < -0.3 is 0 Å². The maximum absolute atomic E-state index is 12.6. The first kappa shape index (κ1) is 18.4. The van der Waals surface area contributed by atoms with E-state index in [2.05, 4.69) is 15.6 Å². The second kappa shape index (κ2) is 6.88. The summed E-state index contributed by atoms with van der Waals surface area (Å²) in [6.07, 6.45) is -4.32. The van der Waals surface area contributed by atoms with E-state index in [0.717, 1.165) is 0 Å². The molecular formula is C13H18F3N3O2S2. The highest BCUT2D eigenvalue weighted by Gasteiger charge is 2.40. The SMILES string of the molecule is CC1NNC(C)C1S(=O)(=O)Nc1ccccc1SCC(F)(F)F. The molecule has 1 aliphatic heterocycles. The summed E-state index contributed by atoms with van der Waals surface area (Å²) in [6, 6.07) is 5.43. The van der Waals surface area contributed by atoms with Crippen LogP contribution < -0.4 is 15.6 Å². The Hall–Kier alpha value is -0.970. The van der Waals surface area contributed by atoms with Gasteiger partial charge in [-0.2, -0.15) is 13.2 Å². The quantitative estimate of drug-likeness (QED) is 0.695. The molecule has 3 N–H and O–H groups in total. The van der Waals surface area contributed by atoms with Crippen molar-refractivity contribution in [2.45, 2.75) is 42.3 Å². The van der Waals surface area contributed by atoms with Crippen molar-refractivity contribution in [2.24, 2.45) is 0 Å². The summed E-state index contributed by atoms with van der Waals surface area (Å²) < 4.78 is 64.7. The number of thioether (sulfide) groups is 1. The normalized spacial score (nSPS) is 25.5. The van der Waals surface area contributed by atoms with Crippen LogP contribution in [0.5, 0.6) is 0 Å². The van der Waals surface area contributed by atoms with Gasteiger partial charge in [-0.1, -0.05) is 12.1 Å². The highest BCUT2D eigenvalue weighted by molar-refractivity contribution is 7.99. The molecule has 1 aliphatic rings. The molecule has 0 amide bonds. The van der Waals surface area contributed by atoms with E-state index in [1.54, 1.807) is 26.0 Å². The summed E-state index contributed by atoms with van der Waals surface area (Å²) in [5.41, 5.74) is 5.86. The molecule has 0 bridgehead atoms. The van der Waals surface area contributed by atoms with Gasteiger partial charge in [0, 0.05) is 17.0 Å². The number of sulfonamides is 1. The topological polar surface area (TPSA) is 70.2 Å². The molecule has 1 saturated heterocycles. The van der Waals surface area contributed by atoms with Gasteiger partial charge in [0.05, 0.1) is 11.4 Å². The van der Waals surface area contributed by atoms with Crippen LogP contribution in [0.3, 0.4) is 0 Å². The Bertz CT molecular complexity index is 642. The molecule has 2 atom stereocenters. The van der Waals surface area contributed by atoms with Crippen molar-refractivity contribution in [2.75, 3.05) is 10.5 Å². The molecule has 2 rings (SSSR count). The van der Waals surface area contributed by atoms with Gasteiger partial charge in [0.1, 0.15) is 5.25 Å². The molecular weight excluding hydrogens is 351 g/mol. The van der Waals surface area contributed by atoms with Crippen molar-refractivity contribution < 1.29 is 21.6 Å². The molecule has 10 heteroatoms. The number of alkyl halides is 3. The minimum absolute atomic E-state index is 0.160. The number of hydrogen-bond acceptors (Lipinski definition) is 5. The Balaban J connectivity index is 2.19. The third kappa shape index (κ3) is 4.75. The predicted octanol–water partition coefficient (Wildman–Crippen LogP) is 2.34. The third-order valence-electron chi connectivity index (χ3n) is 3.41. The molecule has 2 unspecified atom stereocenters. The molecule has 0 saturated carbocycles. The maximum Gasteiger partial charge on any atom is 0.398 e. The lowest BCUT2D eigenvalue weighted by molar-refractivity contribution is -0.105. The van der Waals surface area contributed by atoms with Crippen molar-refractivity contribution in [3.8, 4) is 0 Å². The fourth-order valence-electron chi connectivity index (χ4n) is 2.46. The van der Waals surface area contributed by atoms with Crippen LogP contribution in [0.25, 0.3) is 0 Å². The van der Waals surface area contributed by atoms with E-state index in [4.69, 9.17) is 0 Å². The zero-order valence-electron chi connectivity index (χ0n) is 12.5. The second-order valence-corrected chi connectivity index (χ2v) is 8.23. The molecule has 23 heavy (non-hydrogen) atoms. The van der Waals surface area contributed by atoms with Crippen molar-refractivity contribution >= 4 is 27.5 Å². The van der Waals surface area contributed by atoms with Crippen LogP contribution in [-0.4, -0.2) is 37.7 Å². The Morgan fingerprint density at radius 2 is 1.74 bits per heavy atom. The first-order chi connectivity index (χ1) is 10.6. The van der Waals surface area contributed by atoms with E-state index in [1.807, 2.05) is 0 Å². The summed E-state index contributed by atoms with van der Waals surface area (Å²) in [5.74, 6) is -1.08. The largest absolute Gasteiger partial charge is 0.398 e. The number of rotatable bonds is 5. The van der Waals surface area contributed by atoms with Crippen LogP contribution in [0.2, 0.25) is 0 Å². The van der Waals surface area contributed by atoms with Gasteiger partial charge in [-0.3, -0.25) is 15.6 Å². The molecule has 5 nitrogen and oxygen atoms in total. The summed E-state index contributed by atoms with van der Waals surface area (Å²) in [7, 11) is -3.76. The zero-order valence-corrected chi connectivity index (χ0v) is 14.1. The van der Waals surface area contributed by atoms with E-state index in [1.165, 1.54) is 12.1 Å². The molecule has 0 spiro atoms. The summed E-state index contributed by atoms with van der Waals surface area (Å²) >= 11 is 0.556. The standard InChI is InChI=1S/C13H18F3N3O2S2/c1-8-12(9(2)18-17-8)23(20,21)19-10-5-3-4-6-11(10)22-7-13(14,15)16/h3-6,8-9,12,17-19H,7H2,1-2H3.